The highest BCUT2D eigenvalue weighted by atomic mass is 19.4. The van der Waals surface area contributed by atoms with E-state index in [4.69, 9.17) is 24.8 Å². The fraction of sp³-hybridized carbons (Fsp3) is 0.542. The molecule has 0 radical (unpaired) electrons. The number of aryl methyl sites for hydroxylation is 1. The van der Waals surface area contributed by atoms with Crippen LogP contribution in [-0.2, 0) is 16.1 Å². The summed E-state index contributed by atoms with van der Waals surface area (Å²) in [4.78, 5) is 31.3. The van der Waals surface area contributed by atoms with Gasteiger partial charge >= 0.3 is 24.3 Å². The monoisotopic (exact) mass is 552 g/mol. The molecule has 3 N–H and O–H groups in total. The van der Waals surface area contributed by atoms with E-state index >= 15 is 0 Å². The lowest BCUT2D eigenvalue weighted by atomic mass is 9.85. The van der Waals surface area contributed by atoms with Crippen LogP contribution in [0, 0.1) is 12.8 Å². The number of alkyl halides is 6. The molecule has 0 spiro atoms. The van der Waals surface area contributed by atoms with Crippen molar-refractivity contribution >= 4 is 11.9 Å². The normalized spacial score (nSPS) is 16.9. The molecule has 38 heavy (non-hydrogen) atoms. The van der Waals surface area contributed by atoms with Gasteiger partial charge in [-0.25, -0.2) is 14.6 Å². The number of carboxylic acids is 2. The molecule has 0 unspecified atom stereocenters. The molecule has 0 bridgehead atoms. The van der Waals surface area contributed by atoms with E-state index < -0.39 is 24.3 Å². The van der Waals surface area contributed by atoms with Gasteiger partial charge in [-0.3, -0.25) is 4.90 Å². The topological polar surface area (TPSA) is 110 Å². The Labute approximate surface area is 215 Å². The van der Waals surface area contributed by atoms with Crippen LogP contribution in [0.2, 0.25) is 0 Å². The van der Waals surface area contributed by atoms with Crippen molar-refractivity contribution in [2.75, 3.05) is 32.7 Å². The fourth-order valence-corrected chi connectivity index (χ4v) is 3.77. The van der Waals surface area contributed by atoms with Gasteiger partial charge in [0.2, 0.25) is 0 Å². The van der Waals surface area contributed by atoms with Gasteiger partial charge in [0.1, 0.15) is 5.82 Å². The summed E-state index contributed by atoms with van der Waals surface area (Å²) in [6.07, 6.45) is -5.81. The largest absolute Gasteiger partial charge is 0.490 e. The standard InChI is InChI=1S/C20H28N4.2C2HF3O2/c1-16-19(22-20(21-16)18-8-3-2-4-9-18)15-24-12-10-23(11-13-24)14-17-6-5-7-17;2*3-2(4,5)1(6)7/h2-4,8-9,17H,5-7,10-15H2,1H3,(H,21,22);2*(H,6,7). The minimum absolute atomic E-state index is 0.965. The molecule has 1 saturated heterocycles. The minimum Gasteiger partial charge on any atom is -0.475 e. The van der Waals surface area contributed by atoms with E-state index in [0.29, 0.717) is 0 Å². The lowest BCUT2D eigenvalue weighted by Gasteiger charge is -2.38. The molecule has 212 valence electrons. The number of benzene rings is 1. The van der Waals surface area contributed by atoms with Crippen molar-refractivity contribution in [1.82, 2.24) is 19.8 Å². The third-order valence-corrected chi connectivity index (χ3v) is 6.10. The predicted octanol–water partition coefficient (Wildman–Crippen LogP) is 4.57. The van der Waals surface area contributed by atoms with Crippen molar-refractivity contribution < 1.29 is 46.1 Å². The number of rotatable bonds is 5. The van der Waals surface area contributed by atoms with Gasteiger partial charge in [0.05, 0.1) is 5.69 Å². The number of aromatic nitrogens is 2. The second-order valence-electron chi connectivity index (χ2n) is 9.00. The number of aromatic amines is 1. The third kappa shape index (κ3) is 10.3. The summed E-state index contributed by atoms with van der Waals surface area (Å²) in [6, 6.07) is 10.4. The predicted molar refractivity (Wildman–Crippen MR) is 125 cm³/mol. The second kappa shape index (κ2) is 13.6. The lowest BCUT2D eigenvalue weighted by molar-refractivity contribution is -0.193. The SMILES string of the molecule is Cc1[nH]c(-c2ccccc2)nc1CN1CCN(CC2CCC2)CC1.O=C(O)C(F)(F)F.O=C(O)C(F)(F)F. The maximum absolute atomic E-state index is 10.6. The van der Waals surface area contributed by atoms with E-state index in [1.807, 2.05) is 6.07 Å². The molecule has 1 saturated carbocycles. The average molecular weight is 553 g/mol. The number of hydrogen-bond donors (Lipinski definition) is 3. The van der Waals surface area contributed by atoms with Crippen LogP contribution in [0.1, 0.15) is 30.7 Å². The van der Waals surface area contributed by atoms with E-state index in [-0.39, 0.29) is 0 Å². The first-order chi connectivity index (χ1) is 17.7. The van der Waals surface area contributed by atoms with Gasteiger partial charge in [-0.15, -0.1) is 0 Å². The molecule has 0 atom stereocenters. The number of aliphatic carboxylic acids is 2. The highest BCUT2D eigenvalue weighted by molar-refractivity contribution is 5.73. The molecule has 2 aromatic rings. The van der Waals surface area contributed by atoms with Gasteiger partial charge in [0.25, 0.3) is 0 Å². The number of carbonyl (C=O) groups is 2. The molecule has 2 fully saturated rings. The number of imidazole rings is 1. The summed E-state index contributed by atoms with van der Waals surface area (Å²) >= 11 is 0. The number of hydrogen-bond acceptors (Lipinski definition) is 5. The van der Waals surface area contributed by atoms with Crippen molar-refractivity contribution in [3.8, 4) is 11.4 Å². The van der Waals surface area contributed by atoms with Crippen molar-refractivity contribution in [3.05, 3.63) is 41.7 Å². The van der Waals surface area contributed by atoms with Crippen molar-refractivity contribution in [2.24, 2.45) is 5.92 Å². The molecule has 1 aliphatic carbocycles. The Bertz CT molecular complexity index is 1010. The summed E-state index contributed by atoms with van der Waals surface area (Å²) in [5, 5.41) is 14.2. The second-order valence-corrected chi connectivity index (χ2v) is 9.00. The molecule has 0 amide bonds. The first-order valence-corrected chi connectivity index (χ1v) is 11.8. The molecule has 8 nitrogen and oxygen atoms in total. The van der Waals surface area contributed by atoms with E-state index in [9.17, 15) is 26.3 Å². The Hall–Kier alpha value is -3.13. The molecular weight excluding hydrogens is 522 g/mol. The molecule has 14 heteroatoms. The van der Waals surface area contributed by atoms with Crippen LogP contribution in [-0.4, -0.2) is 87.0 Å². The lowest BCUT2D eigenvalue weighted by Crippen LogP contribution is -2.48. The summed E-state index contributed by atoms with van der Waals surface area (Å²) in [7, 11) is 0. The van der Waals surface area contributed by atoms with Crippen LogP contribution in [0.3, 0.4) is 0 Å². The van der Waals surface area contributed by atoms with Gasteiger partial charge in [-0.05, 0) is 25.7 Å². The molecule has 4 rings (SSSR count). The molecule has 1 aromatic carbocycles. The molecule has 1 aromatic heterocycles. The van der Waals surface area contributed by atoms with Gasteiger partial charge in [-0.1, -0.05) is 36.8 Å². The number of nitrogens with zero attached hydrogens (tertiary/aromatic N) is 3. The Morgan fingerprint density at radius 2 is 1.39 bits per heavy atom. The van der Waals surface area contributed by atoms with E-state index in [1.54, 1.807) is 0 Å². The van der Waals surface area contributed by atoms with Gasteiger partial charge in [-0.2, -0.15) is 26.3 Å². The zero-order valence-electron chi connectivity index (χ0n) is 20.6. The Morgan fingerprint density at radius 3 is 1.82 bits per heavy atom. The quantitative estimate of drug-likeness (QED) is 0.467. The van der Waals surface area contributed by atoms with E-state index in [0.717, 1.165) is 23.9 Å². The first kappa shape index (κ1) is 31.1. The maximum atomic E-state index is 10.6. The molecule has 2 aliphatic rings. The summed E-state index contributed by atoms with van der Waals surface area (Å²) in [6.45, 7) is 9.19. The van der Waals surface area contributed by atoms with E-state index in [1.165, 1.54) is 63.4 Å². The smallest absolute Gasteiger partial charge is 0.475 e. The van der Waals surface area contributed by atoms with Crippen LogP contribution in [0.5, 0.6) is 0 Å². The zero-order chi connectivity index (χ0) is 28.5. The number of carboxylic acid groups (broad SMARTS) is 2. The maximum Gasteiger partial charge on any atom is 0.490 e. The number of piperazine rings is 1. The summed E-state index contributed by atoms with van der Waals surface area (Å²) < 4.78 is 63.5. The van der Waals surface area contributed by atoms with Crippen molar-refractivity contribution in [2.45, 2.75) is 45.1 Å². The minimum atomic E-state index is -5.08. The average Bonchev–Trinajstić information content (AvgIpc) is 3.17. The number of halogens is 6. The van der Waals surface area contributed by atoms with Crippen molar-refractivity contribution in [3.63, 3.8) is 0 Å². The Balaban J connectivity index is 0.000000301. The molecule has 1 aliphatic heterocycles. The van der Waals surface area contributed by atoms with Gasteiger partial charge in [0.15, 0.2) is 0 Å². The van der Waals surface area contributed by atoms with Crippen molar-refractivity contribution in [1.29, 1.82) is 0 Å². The van der Waals surface area contributed by atoms with Crippen LogP contribution < -0.4 is 0 Å². The fourth-order valence-electron chi connectivity index (χ4n) is 3.77. The summed E-state index contributed by atoms with van der Waals surface area (Å²) in [5.74, 6) is -3.54. The van der Waals surface area contributed by atoms with Gasteiger partial charge < -0.3 is 20.1 Å². The van der Waals surface area contributed by atoms with Gasteiger partial charge in [0, 0.05) is 50.5 Å². The third-order valence-electron chi connectivity index (χ3n) is 6.10. The van der Waals surface area contributed by atoms with Crippen LogP contribution in [0.15, 0.2) is 30.3 Å². The van der Waals surface area contributed by atoms with Crippen LogP contribution >= 0.6 is 0 Å². The highest BCUT2D eigenvalue weighted by Gasteiger charge is 2.38. The summed E-state index contributed by atoms with van der Waals surface area (Å²) in [5.41, 5.74) is 3.56. The Morgan fingerprint density at radius 1 is 0.921 bits per heavy atom. The van der Waals surface area contributed by atoms with Crippen LogP contribution in [0.4, 0.5) is 26.3 Å². The van der Waals surface area contributed by atoms with E-state index in [2.05, 4.69) is 46.0 Å². The van der Waals surface area contributed by atoms with Crippen LogP contribution in [0.25, 0.3) is 11.4 Å². The molecular formula is C24H30F6N4O4. The highest BCUT2D eigenvalue weighted by Crippen LogP contribution is 2.27. The number of H-pyrrole nitrogens is 1. The molecule has 2 heterocycles. The first-order valence-electron chi connectivity index (χ1n) is 11.8. The Kier molecular flexibility index (Phi) is 11.1. The zero-order valence-corrected chi connectivity index (χ0v) is 20.6. The number of nitrogens with one attached hydrogen (secondary N) is 1.